The van der Waals surface area contributed by atoms with Gasteiger partial charge >= 0.3 is 0 Å². The number of anilines is 1. The largest absolute Gasteiger partial charge is 0.384 e. The number of likely N-dealkylation sites (N-methyl/N-ethyl adjacent to an activating group) is 1. The van der Waals surface area contributed by atoms with Crippen LogP contribution >= 0.6 is 0 Å². The first-order valence-electron chi connectivity index (χ1n) is 6.62. The molecule has 0 atom stereocenters. The van der Waals surface area contributed by atoms with Crippen molar-refractivity contribution >= 4 is 5.82 Å². The molecular formula is C13H25N5. The van der Waals surface area contributed by atoms with Crippen molar-refractivity contribution in [3.05, 3.63) is 11.8 Å². The number of rotatable bonds is 2. The smallest absolute Gasteiger partial charge is 0.122 e. The zero-order chi connectivity index (χ0) is 13.3. The van der Waals surface area contributed by atoms with Gasteiger partial charge in [0.25, 0.3) is 0 Å². The minimum Gasteiger partial charge on any atom is -0.384 e. The first-order chi connectivity index (χ1) is 8.36. The fourth-order valence-electron chi connectivity index (χ4n) is 2.30. The van der Waals surface area contributed by atoms with E-state index < -0.39 is 0 Å². The first kappa shape index (κ1) is 13.4. The lowest BCUT2D eigenvalue weighted by molar-refractivity contribution is 0.146. The normalized spacial score (nSPS) is 19.3. The molecule has 0 radical (unpaired) electrons. The van der Waals surface area contributed by atoms with Crippen molar-refractivity contribution in [1.29, 1.82) is 0 Å². The van der Waals surface area contributed by atoms with Crippen LogP contribution in [0.4, 0.5) is 5.82 Å². The lowest BCUT2D eigenvalue weighted by Gasteiger charge is -2.31. The predicted octanol–water partition coefficient (Wildman–Crippen LogP) is 0.968. The Bertz CT molecular complexity index is 396. The molecule has 1 aliphatic heterocycles. The molecule has 0 aromatic carbocycles. The summed E-state index contributed by atoms with van der Waals surface area (Å²) in [6.07, 6.45) is 0. The van der Waals surface area contributed by atoms with Gasteiger partial charge < -0.3 is 10.6 Å². The maximum absolute atomic E-state index is 6.03. The Morgan fingerprint density at radius 1 is 1.22 bits per heavy atom. The minimum atomic E-state index is -0.0511. The molecule has 1 fully saturated rings. The molecular weight excluding hydrogens is 226 g/mol. The van der Waals surface area contributed by atoms with E-state index in [1.54, 1.807) is 0 Å². The van der Waals surface area contributed by atoms with Crippen LogP contribution in [0.5, 0.6) is 0 Å². The van der Waals surface area contributed by atoms with Crippen LogP contribution in [-0.4, -0.2) is 52.8 Å². The molecule has 5 heteroatoms. The fourth-order valence-corrected chi connectivity index (χ4v) is 2.30. The Morgan fingerprint density at radius 3 is 2.33 bits per heavy atom. The summed E-state index contributed by atoms with van der Waals surface area (Å²) in [4.78, 5) is 4.80. The topological polar surface area (TPSA) is 50.3 Å². The summed E-state index contributed by atoms with van der Waals surface area (Å²) in [6.45, 7) is 11.8. The van der Waals surface area contributed by atoms with Crippen molar-refractivity contribution in [1.82, 2.24) is 19.6 Å². The van der Waals surface area contributed by atoms with Gasteiger partial charge in [0.05, 0.1) is 11.2 Å². The van der Waals surface area contributed by atoms with Crippen LogP contribution < -0.4 is 5.73 Å². The monoisotopic (exact) mass is 251 g/mol. The summed E-state index contributed by atoms with van der Waals surface area (Å²) in [6, 6.07) is 2.00. The van der Waals surface area contributed by atoms with Gasteiger partial charge in [-0.25, -0.2) is 4.68 Å². The summed E-state index contributed by atoms with van der Waals surface area (Å²) in [5.41, 5.74) is 7.05. The third-order valence-corrected chi connectivity index (χ3v) is 3.40. The molecule has 1 aromatic rings. The van der Waals surface area contributed by atoms with Crippen LogP contribution in [0.1, 0.15) is 26.5 Å². The molecule has 1 aromatic heterocycles. The number of hydrogen-bond acceptors (Lipinski definition) is 4. The summed E-state index contributed by atoms with van der Waals surface area (Å²) in [7, 11) is 2.17. The second-order valence-electron chi connectivity index (χ2n) is 6.22. The van der Waals surface area contributed by atoms with E-state index in [0.29, 0.717) is 0 Å². The molecule has 0 unspecified atom stereocenters. The average molecular weight is 251 g/mol. The molecule has 0 aliphatic carbocycles. The van der Waals surface area contributed by atoms with Gasteiger partial charge in [-0.3, -0.25) is 4.90 Å². The van der Waals surface area contributed by atoms with Crippen LogP contribution in [0.3, 0.4) is 0 Å². The second-order valence-corrected chi connectivity index (χ2v) is 6.22. The average Bonchev–Trinajstić information content (AvgIpc) is 2.63. The Kier molecular flexibility index (Phi) is 3.64. The number of hydrogen-bond donors (Lipinski definition) is 1. The van der Waals surface area contributed by atoms with E-state index in [2.05, 4.69) is 42.7 Å². The van der Waals surface area contributed by atoms with E-state index in [9.17, 15) is 0 Å². The lowest BCUT2D eigenvalue weighted by atomic mass is 10.1. The van der Waals surface area contributed by atoms with E-state index in [1.165, 1.54) is 0 Å². The summed E-state index contributed by atoms with van der Waals surface area (Å²) < 4.78 is 1.92. The Hall–Kier alpha value is -1.07. The van der Waals surface area contributed by atoms with E-state index >= 15 is 0 Å². The fraction of sp³-hybridized carbons (Fsp3) is 0.769. The molecule has 0 saturated carbocycles. The minimum absolute atomic E-state index is 0.0511. The zero-order valence-electron chi connectivity index (χ0n) is 12.0. The van der Waals surface area contributed by atoms with Crippen molar-refractivity contribution in [2.75, 3.05) is 39.0 Å². The SMILES string of the molecule is CN1CCN(Cc2cc(N)n(C(C)(C)C)n2)CC1. The van der Waals surface area contributed by atoms with Crippen molar-refractivity contribution in [3.8, 4) is 0 Å². The van der Waals surface area contributed by atoms with Crippen molar-refractivity contribution in [2.24, 2.45) is 0 Å². The lowest BCUT2D eigenvalue weighted by Crippen LogP contribution is -2.44. The molecule has 102 valence electrons. The number of piperazine rings is 1. The van der Waals surface area contributed by atoms with E-state index in [1.807, 2.05) is 10.7 Å². The zero-order valence-corrected chi connectivity index (χ0v) is 12.0. The third kappa shape index (κ3) is 3.03. The summed E-state index contributed by atoms with van der Waals surface area (Å²) in [5.74, 6) is 0.756. The predicted molar refractivity (Wildman–Crippen MR) is 74.4 cm³/mol. The highest BCUT2D eigenvalue weighted by molar-refractivity contribution is 5.32. The van der Waals surface area contributed by atoms with Crippen molar-refractivity contribution in [2.45, 2.75) is 32.9 Å². The van der Waals surface area contributed by atoms with Gasteiger partial charge in [-0.2, -0.15) is 5.10 Å². The molecule has 0 spiro atoms. The standard InChI is InChI=1S/C13H25N5/c1-13(2,3)18-12(14)9-11(15-18)10-17-7-5-16(4)6-8-17/h9H,5-8,10,14H2,1-4H3. The van der Waals surface area contributed by atoms with E-state index in [0.717, 1.165) is 44.2 Å². The van der Waals surface area contributed by atoms with Crippen LogP contribution in [0.2, 0.25) is 0 Å². The van der Waals surface area contributed by atoms with Crippen molar-refractivity contribution < 1.29 is 0 Å². The Morgan fingerprint density at radius 2 is 1.83 bits per heavy atom. The highest BCUT2D eigenvalue weighted by Gasteiger charge is 2.20. The highest BCUT2D eigenvalue weighted by Crippen LogP contribution is 2.19. The van der Waals surface area contributed by atoms with Gasteiger partial charge in [-0.05, 0) is 27.8 Å². The van der Waals surface area contributed by atoms with E-state index in [-0.39, 0.29) is 5.54 Å². The molecule has 2 heterocycles. The highest BCUT2D eigenvalue weighted by atomic mass is 15.4. The summed E-state index contributed by atoms with van der Waals surface area (Å²) >= 11 is 0. The third-order valence-electron chi connectivity index (χ3n) is 3.40. The van der Waals surface area contributed by atoms with Gasteiger partial charge in [0.15, 0.2) is 0 Å². The molecule has 5 nitrogen and oxygen atoms in total. The van der Waals surface area contributed by atoms with Gasteiger partial charge in [0, 0.05) is 38.8 Å². The first-order valence-corrected chi connectivity index (χ1v) is 6.62. The van der Waals surface area contributed by atoms with Crippen molar-refractivity contribution in [3.63, 3.8) is 0 Å². The molecule has 0 bridgehead atoms. The van der Waals surface area contributed by atoms with Gasteiger partial charge in [0.1, 0.15) is 5.82 Å². The molecule has 1 saturated heterocycles. The second kappa shape index (κ2) is 4.90. The summed E-state index contributed by atoms with van der Waals surface area (Å²) in [5, 5.41) is 4.63. The Labute approximate surface area is 110 Å². The van der Waals surface area contributed by atoms with Gasteiger partial charge in [-0.15, -0.1) is 0 Å². The number of nitrogens with two attached hydrogens (primary N) is 1. The number of aromatic nitrogens is 2. The molecule has 2 rings (SSSR count). The maximum Gasteiger partial charge on any atom is 0.122 e. The number of nitrogen functional groups attached to an aromatic ring is 1. The van der Waals surface area contributed by atoms with Crippen LogP contribution in [0.15, 0.2) is 6.07 Å². The molecule has 0 amide bonds. The van der Waals surface area contributed by atoms with Crippen LogP contribution in [0.25, 0.3) is 0 Å². The van der Waals surface area contributed by atoms with Crippen LogP contribution in [0, 0.1) is 0 Å². The maximum atomic E-state index is 6.03. The van der Waals surface area contributed by atoms with Crippen LogP contribution in [-0.2, 0) is 12.1 Å². The quantitative estimate of drug-likeness (QED) is 0.851. The van der Waals surface area contributed by atoms with Gasteiger partial charge in [-0.1, -0.05) is 0 Å². The van der Waals surface area contributed by atoms with E-state index in [4.69, 9.17) is 5.73 Å². The Balaban J connectivity index is 2.02. The molecule has 18 heavy (non-hydrogen) atoms. The van der Waals surface area contributed by atoms with Gasteiger partial charge in [0.2, 0.25) is 0 Å². The molecule has 1 aliphatic rings. The number of nitrogens with zero attached hydrogens (tertiary/aromatic N) is 4. The molecule has 2 N–H and O–H groups in total.